The second-order valence-corrected chi connectivity index (χ2v) is 5.18. The van der Waals surface area contributed by atoms with Crippen molar-refractivity contribution in [2.45, 2.75) is 13.1 Å². The fourth-order valence-electron chi connectivity index (χ4n) is 2.06. The van der Waals surface area contributed by atoms with Crippen molar-refractivity contribution in [1.29, 1.82) is 0 Å². The van der Waals surface area contributed by atoms with E-state index in [-0.39, 0.29) is 5.97 Å². The molecule has 0 spiro atoms. The molecule has 5 heteroatoms. The Morgan fingerprint density at radius 1 is 1.19 bits per heavy atom. The number of anilines is 1. The average molecular weight is 287 g/mol. The molecule has 0 bridgehead atoms. The molecule has 21 heavy (non-hydrogen) atoms. The summed E-state index contributed by atoms with van der Waals surface area (Å²) in [6, 6.07) is 11.9. The zero-order chi connectivity index (χ0) is 15.2. The van der Waals surface area contributed by atoms with Gasteiger partial charge in [0.2, 0.25) is 0 Å². The van der Waals surface area contributed by atoms with E-state index in [2.05, 4.69) is 58.3 Å². The second kappa shape index (κ2) is 6.95. The molecule has 0 saturated heterocycles. The molecule has 0 aliphatic carbocycles. The van der Waals surface area contributed by atoms with E-state index >= 15 is 0 Å². The Kier molecular flexibility index (Phi) is 5.00. The minimum absolute atomic E-state index is 0.353. The Hall–Kier alpha value is -2.27. The number of hydrogen-bond acceptors (Lipinski definition) is 4. The van der Waals surface area contributed by atoms with Gasteiger partial charge in [-0.1, -0.05) is 12.1 Å². The highest BCUT2D eigenvalue weighted by molar-refractivity contribution is 5.87. The number of carbonyl (C=O) groups is 1. The lowest BCUT2D eigenvalue weighted by Crippen LogP contribution is -2.10. The van der Waals surface area contributed by atoms with Gasteiger partial charge in [-0.3, -0.25) is 0 Å². The summed E-state index contributed by atoms with van der Waals surface area (Å²) >= 11 is 0. The number of hydrogen-bond donors (Lipinski definition) is 2. The Morgan fingerprint density at radius 3 is 2.52 bits per heavy atom. The van der Waals surface area contributed by atoms with Crippen molar-refractivity contribution in [1.82, 2.24) is 9.88 Å². The van der Waals surface area contributed by atoms with E-state index in [0.29, 0.717) is 12.2 Å². The van der Waals surface area contributed by atoms with Crippen LogP contribution >= 0.6 is 0 Å². The lowest BCUT2D eigenvalue weighted by Gasteiger charge is -2.10. The second-order valence-electron chi connectivity index (χ2n) is 5.18. The first-order valence-electron chi connectivity index (χ1n) is 6.82. The SMILES string of the molecule is COC(=O)c1ccc(CNc2ccc(CN(C)C)cc2)[nH]1. The van der Waals surface area contributed by atoms with Crippen LogP contribution in [-0.4, -0.2) is 37.1 Å². The van der Waals surface area contributed by atoms with Gasteiger partial charge in [0.1, 0.15) is 5.69 Å². The third kappa shape index (κ3) is 4.36. The molecule has 2 rings (SSSR count). The Labute approximate surface area is 124 Å². The van der Waals surface area contributed by atoms with Gasteiger partial charge in [0, 0.05) is 17.9 Å². The number of methoxy groups -OCH3 is 1. The highest BCUT2D eigenvalue weighted by Gasteiger charge is 2.07. The van der Waals surface area contributed by atoms with E-state index in [0.717, 1.165) is 17.9 Å². The molecule has 0 amide bonds. The van der Waals surface area contributed by atoms with E-state index in [1.54, 1.807) is 6.07 Å². The van der Waals surface area contributed by atoms with Crippen molar-refractivity contribution < 1.29 is 9.53 Å². The topological polar surface area (TPSA) is 57.4 Å². The van der Waals surface area contributed by atoms with Crippen LogP contribution in [0.25, 0.3) is 0 Å². The van der Waals surface area contributed by atoms with Crippen LogP contribution in [0.1, 0.15) is 21.7 Å². The minimum atomic E-state index is -0.353. The van der Waals surface area contributed by atoms with Crippen molar-refractivity contribution in [3.63, 3.8) is 0 Å². The highest BCUT2D eigenvalue weighted by Crippen LogP contribution is 2.12. The largest absolute Gasteiger partial charge is 0.464 e. The van der Waals surface area contributed by atoms with Gasteiger partial charge in [-0.25, -0.2) is 4.79 Å². The highest BCUT2D eigenvalue weighted by atomic mass is 16.5. The number of nitrogens with zero attached hydrogens (tertiary/aromatic N) is 1. The summed E-state index contributed by atoms with van der Waals surface area (Å²) in [6.07, 6.45) is 0. The molecule has 0 fully saturated rings. The number of ether oxygens (including phenoxy) is 1. The summed E-state index contributed by atoms with van der Waals surface area (Å²) in [7, 11) is 5.48. The molecule has 0 radical (unpaired) electrons. The van der Waals surface area contributed by atoms with Crippen LogP contribution in [0.15, 0.2) is 36.4 Å². The smallest absolute Gasteiger partial charge is 0.354 e. The summed E-state index contributed by atoms with van der Waals surface area (Å²) in [5.74, 6) is -0.353. The maximum atomic E-state index is 11.3. The van der Waals surface area contributed by atoms with Crippen molar-refractivity contribution in [3.8, 4) is 0 Å². The number of rotatable bonds is 6. The fourth-order valence-corrected chi connectivity index (χ4v) is 2.06. The van der Waals surface area contributed by atoms with Crippen LogP contribution in [0.3, 0.4) is 0 Å². The number of benzene rings is 1. The Morgan fingerprint density at radius 2 is 1.90 bits per heavy atom. The third-order valence-corrected chi connectivity index (χ3v) is 3.09. The van der Waals surface area contributed by atoms with Crippen molar-refractivity contribution in [3.05, 3.63) is 53.3 Å². The zero-order valence-corrected chi connectivity index (χ0v) is 12.6. The molecule has 2 aromatic rings. The van der Waals surface area contributed by atoms with Crippen molar-refractivity contribution in [2.24, 2.45) is 0 Å². The number of aromatic nitrogens is 1. The Bertz CT molecular complexity index is 588. The zero-order valence-electron chi connectivity index (χ0n) is 12.6. The number of aromatic amines is 1. The maximum absolute atomic E-state index is 11.3. The van der Waals surface area contributed by atoms with Crippen LogP contribution in [0.2, 0.25) is 0 Å². The minimum Gasteiger partial charge on any atom is -0.464 e. The van der Waals surface area contributed by atoms with Crippen LogP contribution in [0.4, 0.5) is 5.69 Å². The van der Waals surface area contributed by atoms with E-state index in [1.807, 2.05) is 6.07 Å². The molecule has 0 aliphatic heterocycles. The first kappa shape index (κ1) is 15.1. The van der Waals surface area contributed by atoms with Crippen molar-refractivity contribution in [2.75, 3.05) is 26.5 Å². The summed E-state index contributed by atoms with van der Waals surface area (Å²) in [6.45, 7) is 1.56. The number of carbonyl (C=O) groups excluding carboxylic acids is 1. The van der Waals surface area contributed by atoms with Gasteiger partial charge in [0.15, 0.2) is 0 Å². The molecular formula is C16H21N3O2. The maximum Gasteiger partial charge on any atom is 0.354 e. The first-order chi connectivity index (χ1) is 10.1. The predicted molar refractivity (Wildman–Crippen MR) is 83.3 cm³/mol. The Balaban J connectivity index is 1.90. The van der Waals surface area contributed by atoms with E-state index < -0.39 is 0 Å². The fraction of sp³-hybridized carbons (Fsp3) is 0.312. The van der Waals surface area contributed by atoms with Gasteiger partial charge in [-0.15, -0.1) is 0 Å². The van der Waals surface area contributed by atoms with Crippen LogP contribution in [-0.2, 0) is 17.8 Å². The van der Waals surface area contributed by atoms with E-state index in [4.69, 9.17) is 0 Å². The first-order valence-corrected chi connectivity index (χ1v) is 6.82. The van der Waals surface area contributed by atoms with Gasteiger partial charge in [0.25, 0.3) is 0 Å². The normalized spacial score (nSPS) is 10.7. The molecule has 2 N–H and O–H groups in total. The molecule has 0 aliphatic rings. The van der Waals surface area contributed by atoms with Crippen LogP contribution in [0, 0.1) is 0 Å². The molecule has 5 nitrogen and oxygen atoms in total. The molecular weight excluding hydrogens is 266 g/mol. The van der Waals surface area contributed by atoms with Crippen molar-refractivity contribution >= 4 is 11.7 Å². The van der Waals surface area contributed by atoms with Gasteiger partial charge in [-0.05, 0) is 43.9 Å². The summed E-state index contributed by atoms with van der Waals surface area (Å²) in [5.41, 5.74) is 3.73. The standard InChI is InChI=1S/C16H21N3O2/c1-19(2)11-12-4-6-13(7-5-12)17-10-14-8-9-15(18-14)16(20)21-3/h4-9,17-18H,10-11H2,1-3H3. The number of esters is 1. The summed E-state index contributed by atoms with van der Waals surface area (Å²) in [4.78, 5) is 16.5. The van der Waals surface area contributed by atoms with Crippen LogP contribution < -0.4 is 5.32 Å². The third-order valence-electron chi connectivity index (χ3n) is 3.09. The lowest BCUT2D eigenvalue weighted by atomic mass is 10.2. The molecule has 0 saturated carbocycles. The summed E-state index contributed by atoms with van der Waals surface area (Å²) in [5, 5.41) is 3.31. The number of H-pyrrole nitrogens is 1. The van der Waals surface area contributed by atoms with Gasteiger partial charge >= 0.3 is 5.97 Å². The monoisotopic (exact) mass is 287 g/mol. The average Bonchev–Trinajstić information content (AvgIpc) is 2.94. The summed E-state index contributed by atoms with van der Waals surface area (Å²) < 4.78 is 4.66. The lowest BCUT2D eigenvalue weighted by molar-refractivity contribution is 0.0594. The quantitative estimate of drug-likeness (QED) is 0.801. The van der Waals surface area contributed by atoms with E-state index in [1.165, 1.54) is 12.7 Å². The van der Waals surface area contributed by atoms with Gasteiger partial charge < -0.3 is 19.9 Å². The predicted octanol–water partition coefficient (Wildman–Crippen LogP) is 2.48. The molecule has 1 aromatic heterocycles. The van der Waals surface area contributed by atoms with Gasteiger partial charge in [0.05, 0.1) is 13.7 Å². The molecule has 0 unspecified atom stereocenters. The molecule has 0 atom stereocenters. The molecule has 1 heterocycles. The van der Waals surface area contributed by atoms with Gasteiger partial charge in [-0.2, -0.15) is 0 Å². The molecule has 112 valence electrons. The van der Waals surface area contributed by atoms with Crippen LogP contribution in [0.5, 0.6) is 0 Å². The molecule has 1 aromatic carbocycles. The number of nitrogens with one attached hydrogen (secondary N) is 2. The van der Waals surface area contributed by atoms with E-state index in [9.17, 15) is 4.79 Å².